The summed E-state index contributed by atoms with van der Waals surface area (Å²) in [7, 11) is 0. The third-order valence-electron chi connectivity index (χ3n) is 6.30. The highest BCUT2D eigenvalue weighted by Crippen LogP contribution is 2.35. The summed E-state index contributed by atoms with van der Waals surface area (Å²) in [6.07, 6.45) is 0.293. The average molecular weight is 497 g/mol. The van der Waals surface area contributed by atoms with Crippen LogP contribution >= 0.6 is 11.8 Å². The van der Waals surface area contributed by atoms with E-state index in [2.05, 4.69) is 40.0 Å². The zero-order chi connectivity index (χ0) is 24.7. The lowest BCUT2D eigenvalue weighted by molar-refractivity contribution is -0.122. The summed E-state index contributed by atoms with van der Waals surface area (Å²) >= 11 is 1.77. The Hall–Kier alpha value is -3.84. The molecule has 0 aliphatic carbocycles. The minimum absolute atomic E-state index is 0.0565. The van der Waals surface area contributed by atoms with E-state index in [0.29, 0.717) is 18.8 Å². The molecule has 2 heterocycles. The number of nitrogens with zero attached hydrogens (tertiary/aromatic N) is 2. The molecule has 0 atom stereocenters. The van der Waals surface area contributed by atoms with E-state index in [0.717, 1.165) is 39.5 Å². The van der Waals surface area contributed by atoms with Gasteiger partial charge < -0.3 is 10.6 Å². The molecule has 0 bridgehead atoms. The quantitative estimate of drug-likeness (QED) is 0.338. The van der Waals surface area contributed by atoms with E-state index in [1.165, 1.54) is 0 Å². The van der Waals surface area contributed by atoms with Crippen molar-refractivity contribution in [1.29, 1.82) is 0 Å². The van der Waals surface area contributed by atoms with Gasteiger partial charge in [0.2, 0.25) is 11.8 Å². The fourth-order valence-electron chi connectivity index (χ4n) is 4.48. The molecule has 1 aliphatic rings. The van der Waals surface area contributed by atoms with Crippen LogP contribution in [0.2, 0.25) is 0 Å². The number of thioether (sulfide) groups is 1. The Balaban J connectivity index is 1.31. The summed E-state index contributed by atoms with van der Waals surface area (Å²) in [5.41, 5.74) is 5.17. The molecule has 36 heavy (non-hydrogen) atoms. The molecule has 182 valence electrons. The molecule has 0 radical (unpaired) electrons. The second-order valence-corrected chi connectivity index (χ2v) is 9.80. The molecule has 0 spiro atoms. The van der Waals surface area contributed by atoms with Crippen LogP contribution in [0.25, 0.3) is 0 Å². The molecular formula is C29H28N4O2S. The molecule has 0 saturated heterocycles. The van der Waals surface area contributed by atoms with Crippen molar-refractivity contribution >= 4 is 29.4 Å². The van der Waals surface area contributed by atoms with Crippen LogP contribution in [-0.4, -0.2) is 21.6 Å². The molecule has 2 amide bonds. The van der Waals surface area contributed by atoms with Gasteiger partial charge in [-0.2, -0.15) is 16.9 Å². The minimum Gasteiger partial charge on any atom is -0.350 e. The summed E-state index contributed by atoms with van der Waals surface area (Å²) in [6.45, 7) is 0.509. The maximum Gasteiger partial charge on any atom is 0.242 e. The first-order chi connectivity index (χ1) is 17.7. The van der Waals surface area contributed by atoms with E-state index >= 15 is 0 Å². The maximum atomic E-state index is 13.4. The molecule has 1 aromatic heterocycles. The van der Waals surface area contributed by atoms with Gasteiger partial charge in [-0.1, -0.05) is 91.0 Å². The second-order valence-electron chi connectivity index (χ2n) is 8.81. The predicted molar refractivity (Wildman–Crippen MR) is 143 cm³/mol. The van der Waals surface area contributed by atoms with Gasteiger partial charge in [0.15, 0.2) is 0 Å². The number of amides is 2. The topological polar surface area (TPSA) is 76.0 Å². The highest BCUT2D eigenvalue weighted by molar-refractivity contribution is 7.98. The second kappa shape index (κ2) is 11.3. The number of hydrogen-bond donors (Lipinski definition) is 2. The van der Waals surface area contributed by atoms with Crippen molar-refractivity contribution in [2.45, 2.75) is 36.9 Å². The lowest BCUT2D eigenvalue weighted by Crippen LogP contribution is -2.29. The van der Waals surface area contributed by atoms with E-state index in [4.69, 9.17) is 0 Å². The molecule has 7 heteroatoms. The van der Waals surface area contributed by atoms with Gasteiger partial charge in [0.05, 0.1) is 5.69 Å². The van der Waals surface area contributed by atoms with E-state index in [-0.39, 0.29) is 24.3 Å². The largest absolute Gasteiger partial charge is 0.350 e. The first-order valence-electron chi connectivity index (χ1n) is 12.0. The highest BCUT2D eigenvalue weighted by Gasteiger charge is 2.26. The third kappa shape index (κ3) is 5.69. The fourth-order valence-corrected chi connectivity index (χ4v) is 5.51. The first-order valence-corrected chi connectivity index (χ1v) is 13.2. The van der Waals surface area contributed by atoms with Gasteiger partial charge in [-0.25, -0.2) is 4.68 Å². The molecular weight excluding hydrogens is 468 g/mol. The normalized spacial score (nSPS) is 12.4. The van der Waals surface area contributed by atoms with Gasteiger partial charge >= 0.3 is 0 Å². The standard InChI is InChI=1S/C29H28N4O2S/c34-27(16-24(22-12-6-2-7-13-22)23-14-8-3-9-15-23)31-29-25-19-36-20-26(25)32-33(29)18-28(35)30-17-21-10-4-1-5-11-21/h1-15,24H,16-20H2,(H,30,35)(H,31,34). The van der Waals surface area contributed by atoms with Crippen LogP contribution in [0.15, 0.2) is 91.0 Å². The molecule has 0 unspecified atom stereocenters. The molecule has 4 aromatic rings. The molecule has 0 saturated carbocycles. The summed E-state index contributed by atoms with van der Waals surface area (Å²) in [5.74, 6) is 1.88. The van der Waals surface area contributed by atoms with Crippen molar-refractivity contribution in [2.75, 3.05) is 5.32 Å². The Labute approximate surface area is 215 Å². The lowest BCUT2D eigenvalue weighted by atomic mass is 9.88. The van der Waals surface area contributed by atoms with Crippen molar-refractivity contribution < 1.29 is 9.59 Å². The number of aromatic nitrogens is 2. The lowest BCUT2D eigenvalue weighted by Gasteiger charge is -2.18. The number of benzene rings is 3. The zero-order valence-corrected chi connectivity index (χ0v) is 20.7. The van der Waals surface area contributed by atoms with E-state index < -0.39 is 0 Å². The van der Waals surface area contributed by atoms with Gasteiger partial charge in [-0.15, -0.1) is 0 Å². The van der Waals surface area contributed by atoms with Gasteiger partial charge in [0.1, 0.15) is 12.4 Å². The Kier molecular flexibility index (Phi) is 7.47. The maximum absolute atomic E-state index is 13.4. The number of carbonyl (C=O) groups excluding carboxylic acids is 2. The summed E-state index contributed by atoms with van der Waals surface area (Å²) in [6, 6.07) is 30.0. The van der Waals surface area contributed by atoms with Crippen molar-refractivity contribution in [3.05, 3.63) is 119 Å². The van der Waals surface area contributed by atoms with Crippen molar-refractivity contribution in [1.82, 2.24) is 15.1 Å². The number of anilines is 1. The van der Waals surface area contributed by atoms with Crippen LogP contribution in [0.5, 0.6) is 0 Å². The van der Waals surface area contributed by atoms with E-state index in [9.17, 15) is 9.59 Å². The van der Waals surface area contributed by atoms with E-state index in [1.54, 1.807) is 16.4 Å². The average Bonchev–Trinajstić information content (AvgIpc) is 3.50. The smallest absolute Gasteiger partial charge is 0.242 e. The van der Waals surface area contributed by atoms with Crippen molar-refractivity contribution in [3.63, 3.8) is 0 Å². The highest BCUT2D eigenvalue weighted by atomic mass is 32.2. The molecule has 6 nitrogen and oxygen atoms in total. The fraction of sp³-hybridized carbons (Fsp3) is 0.207. The number of hydrogen-bond acceptors (Lipinski definition) is 4. The summed E-state index contributed by atoms with van der Waals surface area (Å²) in [4.78, 5) is 26.1. The monoisotopic (exact) mass is 496 g/mol. The summed E-state index contributed by atoms with van der Waals surface area (Å²) in [5, 5.41) is 10.7. The van der Waals surface area contributed by atoms with Gasteiger partial charge in [-0.05, 0) is 16.7 Å². The number of rotatable bonds is 9. The van der Waals surface area contributed by atoms with E-state index in [1.807, 2.05) is 66.7 Å². The number of nitrogens with one attached hydrogen (secondary N) is 2. The Morgan fingerprint density at radius 1 is 0.833 bits per heavy atom. The first kappa shape index (κ1) is 23.9. The van der Waals surface area contributed by atoms with Gasteiger partial charge in [-0.3, -0.25) is 9.59 Å². The SMILES string of the molecule is O=C(Cn1nc2c(c1NC(=O)CC(c1ccccc1)c1ccccc1)CSC2)NCc1ccccc1. The molecule has 1 aliphatic heterocycles. The van der Waals surface area contributed by atoms with Crippen LogP contribution in [0.1, 0.15) is 40.3 Å². The minimum atomic E-state index is -0.144. The van der Waals surface area contributed by atoms with Crippen molar-refractivity contribution in [2.24, 2.45) is 0 Å². The van der Waals surface area contributed by atoms with Crippen LogP contribution < -0.4 is 10.6 Å². The van der Waals surface area contributed by atoms with Crippen LogP contribution in [0, 0.1) is 0 Å². The Bertz CT molecular complexity index is 1280. The molecule has 3 aromatic carbocycles. The van der Waals surface area contributed by atoms with Gasteiger partial charge in [0, 0.05) is 36.0 Å². The number of carbonyl (C=O) groups is 2. The number of fused-ring (bicyclic) bond motifs is 1. The third-order valence-corrected chi connectivity index (χ3v) is 7.27. The molecule has 0 fully saturated rings. The predicted octanol–water partition coefficient (Wildman–Crippen LogP) is 5.11. The van der Waals surface area contributed by atoms with Gasteiger partial charge in [0.25, 0.3) is 0 Å². The Morgan fingerprint density at radius 3 is 2.08 bits per heavy atom. The van der Waals surface area contributed by atoms with Crippen molar-refractivity contribution in [3.8, 4) is 0 Å². The van der Waals surface area contributed by atoms with Crippen LogP contribution in [0.3, 0.4) is 0 Å². The van der Waals surface area contributed by atoms with Crippen LogP contribution in [-0.2, 0) is 34.2 Å². The molecule has 5 rings (SSSR count). The zero-order valence-electron chi connectivity index (χ0n) is 19.9. The molecule has 2 N–H and O–H groups in total. The van der Waals surface area contributed by atoms with Crippen LogP contribution in [0.4, 0.5) is 5.82 Å². The summed E-state index contributed by atoms with van der Waals surface area (Å²) < 4.78 is 1.64. The Morgan fingerprint density at radius 2 is 1.44 bits per heavy atom.